The molecule has 3 aromatic rings. The molecule has 3 rings (SSSR count). The van der Waals surface area contributed by atoms with Crippen molar-refractivity contribution in [2.75, 3.05) is 0 Å². The summed E-state index contributed by atoms with van der Waals surface area (Å²) in [6.07, 6.45) is 1.70. The molecule has 26 heavy (non-hydrogen) atoms. The predicted octanol–water partition coefficient (Wildman–Crippen LogP) is 5.18. The summed E-state index contributed by atoms with van der Waals surface area (Å²) in [6, 6.07) is 22.6. The Morgan fingerprint density at radius 3 is 2.23 bits per heavy atom. The maximum atomic E-state index is 12.1. The third-order valence-electron chi connectivity index (χ3n) is 3.53. The van der Waals surface area contributed by atoms with Crippen LogP contribution in [0.5, 0.6) is 5.75 Å². The number of carbonyl (C=O) groups is 1. The van der Waals surface area contributed by atoms with Gasteiger partial charge in [0, 0.05) is 11.2 Å². The highest BCUT2D eigenvalue weighted by molar-refractivity contribution is 6.30. The molecule has 0 aliphatic carbocycles. The van der Waals surface area contributed by atoms with Gasteiger partial charge in [0.25, 0.3) is 0 Å². The van der Waals surface area contributed by atoms with Gasteiger partial charge < -0.3 is 4.74 Å². The van der Waals surface area contributed by atoms with Crippen LogP contribution in [-0.4, -0.2) is 12.2 Å². The summed E-state index contributed by atoms with van der Waals surface area (Å²) in [4.78, 5) is 16.4. The van der Waals surface area contributed by atoms with E-state index in [1.54, 1.807) is 79.0 Å². The van der Waals surface area contributed by atoms with Gasteiger partial charge >= 0.3 is 5.97 Å². The Kier molecular flexibility index (Phi) is 5.43. The highest BCUT2D eigenvalue weighted by Crippen LogP contribution is 2.17. The first kappa shape index (κ1) is 17.4. The lowest BCUT2D eigenvalue weighted by atomic mass is 10.2. The van der Waals surface area contributed by atoms with E-state index in [1.807, 2.05) is 0 Å². The fourth-order valence-electron chi connectivity index (χ4n) is 2.14. The molecular weight excluding hydrogens is 348 g/mol. The van der Waals surface area contributed by atoms with E-state index < -0.39 is 5.97 Å². The summed E-state index contributed by atoms with van der Waals surface area (Å²) in [5.74, 6) is 0.00106. The zero-order valence-corrected chi connectivity index (χ0v) is 14.4. The number of nitrogens with zero attached hydrogens (tertiary/aromatic N) is 2. The summed E-state index contributed by atoms with van der Waals surface area (Å²) in [6.45, 7) is 0. The number of esters is 1. The van der Waals surface area contributed by atoms with Crippen molar-refractivity contribution in [3.63, 3.8) is 0 Å². The SMILES string of the molecule is N#Cc1ccc(N=Cc2ccc(OC(=O)c3ccc(Cl)cc3)cc2)cc1. The number of nitriles is 1. The topological polar surface area (TPSA) is 62.4 Å². The predicted molar refractivity (Wildman–Crippen MR) is 101 cm³/mol. The summed E-state index contributed by atoms with van der Waals surface area (Å²) in [5, 5.41) is 9.34. The van der Waals surface area contributed by atoms with Crippen LogP contribution in [0.4, 0.5) is 5.69 Å². The van der Waals surface area contributed by atoms with E-state index in [0.717, 1.165) is 11.3 Å². The molecular formula is C21H13ClN2O2. The Morgan fingerprint density at radius 2 is 1.62 bits per heavy atom. The first-order valence-corrected chi connectivity index (χ1v) is 8.14. The molecule has 0 N–H and O–H groups in total. The molecule has 0 fully saturated rings. The molecule has 3 aromatic carbocycles. The Labute approximate surface area is 156 Å². The summed E-state index contributed by atoms with van der Waals surface area (Å²) < 4.78 is 5.33. The van der Waals surface area contributed by atoms with Crippen molar-refractivity contribution in [1.29, 1.82) is 5.26 Å². The van der Waals surface area contributed by atoms with Crippen LogP contribution in [0, 0.1) is 11.3 Å². The molecule has 4 nitrogen and oxygen atoms in total. The largest absolute Gasteiger partial charge is 0.423 e. The summed E-state index contributed by atoms with van der Waals surface area (Å²) >= 11 is 5.80. The van der Waals surface area contributed by atoms with Gasteiger partial charge in [-0.05, 0) is 78.4 Å². The number of aliphatic imine (C=N–C) groups is 1. The highest BCUT2D eigenvalue weighted by atomic mass is 35.5. The average Bonchev–Trinajstić information content (AvgIpc) is 2.68. The fourth-order valence-corrected chi connectivity index (χ4v) is 2.27. The van der Waals surface area contributed by atoms with Crippen LogP contribution in [0.2, 0.25) is 5.02 Å². The van der Waals surface area contributed by atoms with Gasteiger partial charge in [0.2, 0.25) is 0 Å². The molecule has 0 saturated carbocycles. The Morgan fingerprint density at radius 1 is 0.962 bits per heavy atom. The first-order chi connectivity index (χ1) is 12.6. The minimum absolute atomic E-state index is 0.431. The molecule has 0 saturated heterocycles. The molecule has 0 heterocycles. The minimum atomic E-state index is -0.444. The molecule has 0 amide bonds. The van der Waals surface area contributed by atoms with Gasteiger partial charge in [-0.3, -0.25) is 4.99 Å². The smallest absolute Gasteiger partial charge is 0.343 e. The average molecular weight is 361 g/mol. The van der Waals surface area contributed by atoms with E-state index in [4.69, 9.17) is 21.6 Å². The summed E-state index contributed by atoms with van der Waals surface area (Å²) in [5.41, 5.74) is 2.64. The zero-order valence-electron chi connectivity index (χ0n) is 13.6. The van der Waals surface area contributed by atoms with Gasteiger partial charge in [0.05, 0.1) is 22.9 Å². The quantitative estimate of drug-likeness (QED) is 0.366. The molecule has 0 bridgehead atoms. The zero-order chi connectivity index (χ0) is 18.4. The van der Waals surface area contributed by atoms with E-state index >= 15 is 0 Å². The Hall–Kier alpha value is -3.42. The molecule has 0 aliphatic rings. The van der Waals surface area contributed by atoms with Gasteiger partial charge in [0.15, 0.2) is 0 Å². The van der Waals surface area contributed by atoms with Crippen LogP contribution >= 0.6 is 11.6 Å². The van der Waals surface area contributed by atoms with Crippen molar-refractivity contribution in [2.24, 2.45) is 4.99 Å². The Bertz CT molecular complexity index is 971. The number of halogens is 1. The van der Waals surface area contributed by atoms with Crippen LogP contribution in [-0.2, 0) is 0 Å². The lowest BCUT2D eigenvalue weighted by Crippen LogP contribution is -2.08. The monoisotopic (exact) mass is 360 g/mol. The number of hydrogen-bond donors (Lipinski definition) is 0. The van der Waals surface area contributed by atoms with Gasteiger partial charge in [-0.2, -0.15) is 5.26 Å². The van der Waals surface area contributed by atoms with Crippen LogP contribution in [0.1, 0.15) is 21.5 Å². The van der Waals surface area contributed by atoms with Gasteiger partial charge in [-0.1, -0.05) is 11.6 Å². The van der Waals surface area contributed by atoms with E-state index in [9.17, 15) is 4.79 Å². The van der Waals surface area contributed by atoms with Crippen molar-refractivity contribution < 1.29 is 9.53 Å². The minimum Gasteiger partial charge on any atom is -0.423 e. The van der Waals surface area contributed by atoms with Gasteiger partial charge in [-0.15, -0.1) is 0 Å². The molecule has 0 unspecified atom stereocenters. The number of hydrogen-bond acceptors (Lipinski definition) is 4. The van der Waals surface area contributed by atoms with Crippen molar-refractivity contribution >= 4 is 29.5 Å². The third kappa shape index (κ3) is 4.56. The molecule has 0 atom stereocenters. The van der Waals surface area contributed by atoms with E-state index in [1.165, 1.54) is 0 Å². The van der Waals surface area contributed by atoms with Crippen molar-refractivity contribution in [1.82, 2.24) is 0 Å². The standard InChI is InChI=1S/C21H13ClN2O2/c22-18-7-5-17(6-8-18)21(25)26-20-11-3-16(4-12-20)14-24-19-9-1-15(13-23)2-10-19/h1-12,14H. The van der Waals surface area contributed by atoms with Crippen LogP contribution < -0.4 is 4.74 Å². The molecule has 0 aromatic heterocycles. The maximum Gasteiger partial charge on any atom is 0.343 e. The van der Waals surface area contributed by atoms with Crippen LogP contribution in [0.15, 0.2) is 77.8 Å². The molecule has 5 heteroatoms. The normalized spacial score (nSPS) is 10.5. The Balaban J connectivity index is 1.64. The van der Waals surface area contributed by atoms with Crippen molar-refractivity contribution in [3.8, 4) is 11.8 Å². The van der Waals surface area contributed by atoms with Crippen LogP contribution in [0.3, 0.4) is 0 Å². The molecule has 0 radical (unpaired) electrons. The van der Waals surface area contributed by atoms with Gasteiger partial charge in [0.1, 0.15) is 5.75 Å². The maximum absolute atomic E-state index is 12.1. The fraction of sp³-hybridized carbons (Fsp3) is 0. The van der Waals surface area contributed by atoms with Crippen LogP contribution in [0.25, 0.3) is 0 Å². The van der Waals surface area contributed by atoms with Crippen molar-refractivity contribution in [2.45, 2.75) is 0 Å². The number of benzene rings is 3. The second-order valence-electron chi connectivity index (χ2n) is 5.38. The van der Waals surface area contributed by atoms with Crippen molar-refractivity contribution in [3.05, 3.63) is 94.5 Å². The lowest BCUT2D eigenvalue weighted by Gasteiger charge is -2.04. The van der Waals surface area contributed by atoms with E-state index in [0.29, 0.717) is 21.9 Å². The van der Waals surface area contributed by atoms with Gasteiger partial charge in [-0.25, -0.2) is 4.79 Å². The summed E-state index contributed by atoms with van der Waals surface area (Å²) in [7, 11) is 0. The highest BCUT2D eigenvalue weighted by Gasteiger charge is 2.08. The molecule has 126 valence electrons. The second kappa shape index (κ2) is 8.11. The first-order valence-electron chi connectivity index (χ1n) is 7.76. The number of ether oxygens (including phenoxy) is 1. The number of rotatable bonds is 4. The van der Waals surface area contributed by atoms with E-state index in [2.05, 4.69) is 11.1 Å². The third-order valence-corrected chi connectivity index (χ3v) is 3.78. The second-order valence-corrected chi connectivity index (χ2v) is 5.82. The molecule has 0 aliphatic heterocycles. The van der Waals surface area contributed by atoms with E-state index in [-0.39, 0.29) is 0 Å². The molecule has 0 spiro atoms. The lowest BCUT2D eigenvalue weighted by molar-refractivity contribution is 0.0735. The number of carbonyl (C=O) groups excluding carboxylic acids is 1.